The number of rotatable bonds is 5. The summed E-state index contributed by atoms with van der Waals surface area (Å²) in [7, 11) is 0. The number of hydrogen-bond donors (Lipinski definition) is 1. The normalized spacial score (nSPS) is 13.5. The molecule has 1 amide bonds. The quantitative estimate of drug-likeness (QED) is 0.535. The first-order chi connectivity index (χ1) is 14.1. The van der Waals surface area contributed by atoms with E-state index in [1.165, 1.54) is 25.3 Å². The number of benzene rings is 2. The number of carbonyl (C=O) groups excluding carboxylic acids is 1. The molecule has 0 saturated heterocycles. The third-order valence-corrected chi connectivity index (χ3v) is 4.81. The summed E-state index contributed by atoms with van der Waals surface area (Å²) in [5.41, 5.74) is -1.86. The van der Waals surface area contributed by atoms with Gasteiger partial charge in [-0.1, -0.05) is 41.9 Å². The fourth-order valence-electron chi connectivity index (χ4n) is 3.35. The van der Waals surface area contributed by atoms with Crippen molar-refractivity contribution in [2.24, 2.45) is 0 Å². The molecule has 30 heavy (non-hydrogen) atoms. The molecule has 0 saturated carbocycles. The maximum absolute atomic E-state index is 14.3. The Morgan fingerprint density at radius 2 is 1.70 bits per heavy atom. The fraction of sp³-hybridized carbons (Fsp3) is 0.182. The third-order valence-electron chi connectivity index (χ3n) is 4.58. The number of alkyl halides is 3. The Balaban J connectivity index is 2.31. The molecular formula is C22H17ClF4N2O. The van der Waals surface area contributed by atoms with E-state index in [0.29, 0.717) is 16.7 Å². The van der Waals surface area contributed by atoms with Gasteiger partial charge in [0.15, 0.2) is 0 Å². The summed E-state index contributed by atoms with van der Waals surface area (Å²) < 4.78 is 54.5. The number of hydrogen-bond acceptors (Lipinski definition) is 2. The van der Waals surface area contributed by atoms with E-state index >= 15 is 0 Å². The van der Waals surface area contributed by atoms with Crippen molar-refractivity contribution >= 4 is 17.5 Å². The number of carbonyl (C=O) groups is 1. The Bertz CT molecular complexity index is 1040. The first kappa shape index (κ1) is 21.8. The zero-order valence-electron chi connectivity index (χ0n) is 15.8. The Kier molecular flexibility index (Phi) is 6.12. The standard InChI is InChI=1S/C22H17ClF4N2O/c1-14(30)29-21(12-15-5-3-2-4-6-15,20-8-7-18(23)13-28-20)16-9-17(22(25,26)27)11-19(24)10-16/h2-11,13H,12H2,1H3,(H,29,30). The van der Waals surface area contributed by atoms with Crippen LogP contribution in [0.5, 0.6) is 0 Å². The van der Waals surface area contributed by atoms with Gasteiger partial charge in [0, 0.05) is 19.5 Å². The highest BCUT2D eigenvalue weighted by Gasteiger charge is 2.40. The summed E-state index contributed by atoms with van der Waals surface area (Å²) in [6, 6.07) is 14.1. The predicted molar refractivity (Wildman–Crippen MR) is 105 cm³/mol. The van der Waals surface area contributed by atoms with Gasteiger partial charge in [0.05, 0.1) is 16.3 Å². The molecule has 8 heteroatoms. The molecule has 1 N–H and O–H groups in total. The average molecular weight is 437 g/mol. The summed E-state index contributed by atoms with van der Waals surface area (Å²) >= 11 is 5.93. The van der Waals surface area contributed by atoms with Crippen LogP contribution in [0.25, 0.3) is 0 Å². The second kappa shape index (κ2) is 8.44. The molecule has 1 heterocycles. The summed E-state index contributed by atoms with van der Waals surface area (Å²) in [5.74, 6) is -1.59. The summed E-state index contributed by atoms with van der Waals surface area (Å²) in [5, 5.41) is 3.03. The van der Waals surface area contributed by atoms with Gasteiger partial charge in [0.1, 0.15) is 11.4 Å². The monoisotopic (exact) mass is 436 g/mol. The highest BCUT2D eigenvalue weighted by Crippen LogP contribution is 2.37. The first-order valence-electron chi connectivity index (χ1n) is 8.93. The Morgan fingerprint density at radius 3 is 2.27 bits per heavy atom. The lowest BCUT2D eigenvalue weighted by molar-refractivity contribution is -0.137. The van der Waals surface area contributed by atoms with Gasteiger partial charge >= 0.3 is 6.18 Å². The largest absolute Gasteiger partial charge is 0.416 e. The molecule has 1 atom stereocenters. The van der Waals surface area contributed by atoms with E-state index in [1.54, 1.807) is 30.3 Å². The number of nitrogens with one attached hydrogen (secondary N) is 1. The van der Waals surface area contributed by atoms with Crippen LogP contribution in [0.4, 0.5) is 17.6 Å². The van der Waals surface area contributed by atoms with Gasteiger partial charge in [-0.2, -0.15) is 13.2 Å². The second-order valence-corrected chi connectivity index (χ2v) is 7.27. The minimum Gasteiger partial charge on any atom is -0.341 e. The molecule has 3 nitrogen and oxygen atoms in total. The lowest BCUT2D eigenvalue weighted by Gasteiger charge is -2.35. The van der Waals surface area contributed by atoms with Crippen LogP contribution in [0.15, 0.2) is 66.9 Å². The molecule has 1 unspecified atom stereocenters. The SMILES string of the molecule is CC(=O)NC(Cc1ccccc1)(c1cc(F)cc(C(F)(F)F)c1)c1ccc(Cl)cn1. The maximum Gasteiger partial charge on any atom is 0.416 e. The van der Waals surface area contributed by atoms with Gasteiger partial charge in [0.25, 0.3) is 0 Å². The molecule has 0 fully saturated rings. The van der Waals surface area contributed by atoms with Crippen LogP contribution in [0.2, 0.25) is 5.02 Å². The van der Waals surface area contributed by atoms with Gasteiger partial charge < -0.3 is 5.32 Å². The van der Waals surface area contributed by atoms with E-state index in [4.69, 9.17) is 11.6 Å². The Labute approximate surface area is 175 Å². The summed E-state index contributed by atoms with van der Waals surface area (Å²) in [6.07, 6.45) is -3.40. The van der Waals surface area contributed by atoms with Crippen LogP contribution in [0, 0.1) is 5.82 Å². The van der Waals surface area contributed by atoms with Crippen molar-refractivity contribution in [3.8, 4) is 0 Å². The maximum atomic E-state index is 14.3. The zero-order chi connectivity index (χ0) is 21.9. The summed E-state index contributed by atoms with van der Waals surface area (Å²) in [4.78, 5) is 16.4. The van der Waals surface area contributed by atoms with Crippen molar-refractivity contribution in [2.45, 2.75) is 25.1 Å². The molecular weight excluding hydrogens is 420 g/mol. The number of pyridine rings is 1. The van der Waals surface area contributed by atoms with Crippen molar-refractivity contribution in [2.75, 3.05) is 0 Å². The molecule has 3 rings (SSSR count). The molecule has 2 aromatic carbocycles. The molecule has 0 bridgehead atoms. The van der Waals surface area contributed by atoms with Gasteiger partial charge in [-0.25, -0.2) is 4.39 Å². The summed E-state index contributed by atoms with van der Waals surface area (Å²) in [6.45, 7) is 1.24. The third kappa shape index (κ3) is 4.79. The van der Waals surface area contributed by atoms with Gasteiger partial charge in [-0.15, -0.1) is 0 Å². The lowest BCUT2D eigenvalue weighted by atomic mass is 9.79. The van der Waals surface area contributed by atoms with E-state index < -0.39 is 29.0 Å². The van der Waals surface area contributed by atoms with E-state index in [0.717, 1.165) is 12.1 Å². The molecule has 0 aliphatic rings. The second-order valence-electron chi connectivity index (χ2n) is 6.84. The predicted octanol–water partition coefficient (Wildman–Crippen LogP) is 5.52. The van der Waals surface area contributed by atoms with Crippen LogP contribution in [0.3, 0.4) is 0 Å². The number of nitrogens with zero attached hydrogens (tertiary/aromatic N) is 1. The van der Waals surface area contributed by atoms with Crippen LogP contribution >= 0.6 is 11.6 Å². The van der Waals surface area contributed by atoms with Gasteiger partial charge in [0.2, 0.25) is 5.91 Å². The zero-order valence-corrected chi connectivity index (χ0v) is 16.6. The van der Waals surface area contributed by atoms with Crippen molar-refractivity contribution < 1.29 is 22.4 Å². The Morgan fingerprint density at radius 1 is 1.03 bits per heavy atom. The number of amides is 1. The number of halogens is 5. The van der Waals surface area contributed by atoms with Gasteiger partial charge in [-0.05, 0) is 41.5 Å². The first-order valence-corrected chi connectivity index (χ1v) is 9.31. The van der Waals surface area contributed by atoms with Crippen molar-refractivity contribution in [3.05, 3.63) is 100 Å². The molecule has 0 aliphatic carbocycles. The lowest BCUT2D eigenvalue weighted by Crippen LogP contribution is -2.48. The van der Waals surface area contributed by atoms with E-state index in [1.807, 2.05) is 0 Å². The number of aromatic nitrogens is 1. The fourth-order valence-corrected chi connectivity index (χ4v) is 3.46. The van der Waals surface area contributed by atoms with E-state index in [9.17, 15) is 22.4 Å². The van der Waals surface area contributed by atoms with Crippen LogP contribution in [0.1, 0.15) is 29.3 Å². The molecule has 156 valence electrons. The Hall–Kier alpha value is -2.93. The molecule has 3 aromatic rings. The van der Waals surface area contributed by atoms with Crippen molar-refractivity contribution in [1.29, 1.82) is 0 Å². The van der Waals surface area contributed by atoms with Crippen LogP contribution < -0.4 is 5.32 Å². The molecule has 0 radical (unpaired) electrons. The van der Waals surface area contributed by atoms with E-state index in [-0.39, 0.29) is 17.7 Å². The highest BCUT2D eigenvalue weighted by atomic mass is 35.5. The average Bonchev–Trinajstić information content (AvgIpc) is 2.67. The highest BCUT2D eigenvalue weighted by molar-refractivity contribution is 6.30. The van der Waals surface area contributed by atoms with Crippen molar-refractivity contribution in [1.82, 2.24) is 10.3 Å². The minimum atomic E-state index is -4.76. The topological polar surface area (TPSA) is 42.0 Å². The minimum absolute atomic E-state index is 0.0444. The smallest absolute Gasteiger partial charge is 0.341 e. The van der Waals surface area contributed by atoms with Crippen LogP contribution in [-0.2, 0) is 22.9 Å². The molecule has 0 spiro atoms. The van der Waals surface area contributed by atoms with Crippen LogP contribution in [-0.4, -0.2) is 10.9 Å². The van der Waals surface area contributed by atoms with Gasteiger partial charge in [-0.3, -0.25) is 9.78 Å². The van der Waals surface area contributed by atoms with Crippen molar-refractivity contribution in [3.63, 3.8) is 0 Å². The molecule has 1 aromatic heterocycles. The van der Waals surface area contributed by atoms with E-state index in [2.05, 4.69) is 10.3 Å². The molecule has 0 aliphatic heterocycles.